The molecule has 14 heavy (non-hydrogen) atoms. The molecule has 0 fully saturated rings. The van der Waals surface area contributed by atoms with Crippen molar-refractivity contribution in [3.63, 3.8) is 0 Å². The van der Waals surface area contributed by atoms with Crippen molar-refractivity contribution in [3.05, 3.63) is 42.8 Å². The van der Waals surface area contributed by atoms with E-state index in [1.165, 1.54) is 5.56 Å². The van der Waals surface area contributed by atoms with E-state index in [4.69, 9.17) is 4.74 Å². The first-order valence-corrected chi connectivity index (χ1v) is 4.79. The molecule has 2 nitrogen and oxygen atoms in total. The van der Waals surface area contributed by atoms with E-state index in [1.54, 1.807) is 0 Å². The Morgan fingerprint density at radius 1 is 1.36 bits per heavy atom. The summed E-state index contributed by atoms with van der Waals surface area (Å²) in [6.07, 6.45) is 2.33. The Labute approximate surface area is 84.9 Å². The first-order valence-electron chi connectivity index (χ1n) is 4.79. The monoisotopic (exact) mass is 191 g/mol. The van der Waals surface area contributed by atoms with E-state index in [2.05, 4.69) is 6.92 Å². The van der Waals surface area contributed by atoms with Gasteiger partial charge in [-0.3, -0.25) is 4.79 Å². The smallest absolute Gasteiger partial charge is 0.293 e. The van der Waals surface area contributed by atoms with Crippen LogP contribution < -0.4 is 0 Å². The van der Waals surface area contributed by atoms with Crippen molar-refractivity contribution in [2.24, 2.45) is 0 Å². The zero-order valence-corrected chi connectivity index (χ0v) is 8.19. The molecule has 2 heteroatoms. The van der Waals surface area contributed by atoms with Crippen LogP contribution in [-0.2, 0) is 16.0 Å². The van der Waals surface area contributed by atoms with E-state index >= 15 is 0 Å². The van der Waals surface area contributed by atoms with Crippen molar-refractivity contribution in [2.45, 2.75) is 25.4 Å². The molecule has 0 N–H and O–H groups in total. The second-order valence-corrected chi connectivity index (χ2v) is 3.19. The summed E-state index contributed by atoms with van der Waals surface area (Å²) in [4.78, 5) is 10.2. The van der Waals surface area contributed by atoms with Gasteiger partial charge in [0.1, 0.15) is 6.10 Å². The van der Waals surface area contributed by atoms with Crippen LogP contribution in [0.25, 0.3) is 0 Å². The predicted molar refractivity (Wildman–Crippen MR) is 55.7 cm³/mol. The normalized spacial score (nSPS) is 12.1. The molecule has 0 aromatic heterocycles. The summed E-state index contributed by atoms with van der Waals surface area (Å²) in [5.74, 6) is 0. The Morgan fingerprint density at radius 2 is 2.07 bits per heavy atom. The third-order valence-electron chi connectivity index (χ3n) is 2.08. The molecule has 0 saturated carbocycles. The maximum atomic E-state index is 10.2. The van der Waals surface area contributed by atoms with Crippen LogP contribution in [-0.4, -0.2) is 12.6 Å². The Morgan fingerprint density at radius 3 is 2.64 bits per heavy atom. The molecule has 0 aliphatic carbocycles. The second-order valence-electron chi connectivity index (χ2n) is 3.19. The molecule has 0 aliphatic rings. The second kappa shape index (κ2) is 6.19. The Balaban J connectivity index is 2.50. The minimum atomic E-state index is -0.0348. The van der Waals surface area contributed by atoms with Crippen LogP contribution in [0.5, 0.6) is 0 Å². The van der Waals surface area contributed by atoms with Gasteiger partial charge in [0.05, 0.1) is 0 Å². The van der Waals surface area contributed by atoms with Crippen LogP contribution in [0.1, 0.15) is 18.4 Å². The van der Waals surface area contributed by atoms with E-state index < -0.39 is 0 Å². The number of ether oxygens (including phenoxy) is 1. The van der Waals surface area contributed by atoms with Gasteiger partial charge in [0, 0.05) is 6.42 Å². The molecule has 1 radical (unpaired) electrons. The molecule has 0 heterocycles. The molecule has 0 bridgehead atoms. The molecule has 0 saturated heterocycles. The summed E-state index contributed by atoms with van der Waals surface area (Å²) in [5.41, 5.74) is 1.19. The van der Waals surface area contributed by atoms with Crippen LogP contribution in [0.2, 0.25) is 0 Å². The fraction of sp³-hybridized carbons (Fsp3) is 0.333. The first-order chi connectivity index (χ1) is 6.86. The van der Waals surface area contributed by atoms with Gasteiger partial charge < -0.3 is 4.74 Å². The van der Waals surface area contributed by atoms with Gasteiger partial charge in [-0.1, -0.05) is 37.3 Å². The molecular formula is C12H15O2. The number of hydrogen-bond acceptors (Lipinski definition) is 2. The summed E-state index contributed by atoms with van der Waals surface area (Å²) < 4.78 is 4.97. The lowest BCUT2D eigenvalue weighted by molar-refractivity contribution is -0.133. The Kier molecular flexibility index (Phi) is 4.76. The SMILES string of the molecule is [CH2]CCC(Cc1ccccc1)OC=O. The number of rotatable bonds is 6. The van der Waals surface area contributed by atoms with Gasteiger partial charge in [-0.05, 0) is 18.4 Å². The number of hydrogen-bond donors (Lipinski definition) is 0. The van der Waals surface area contributed by atoms with Crippen molar-refractivity contribution in [3.8, 4) is 0 Å². The summed E-state index contributed by atoms with van der Waals surface area (Å²) in [6.45, 7) is 4.27. The van der Waals surface area contributed by atoms with Crippen LogP contribution in [0.3, 0.4) is 0 Å². The van der Waals surface area contributed by atoms with Gasteiger partial charge in [-0.15, -0.1) is 0 Å². The van der Waals surface area contributed by atoms with Crippen LogP contribution >= 0.6 is 0 Å². The van der Waals surface area contributed by atoms with E-state index in [0.717, 1.165) is 19.3 Å². The number of benzene rings is 1. The lowest BCUT2D eigenvalue weighted by Crippen LogP contribution is -2.14. The Bertz CT molecular complexity index is 256. The van der Waals surface area contributed by atoms with Gasteiger partial charge in [0.15, 0.2) is 0 Å². The van der Waals surface area contributed by atoms with E-state index in [0.29, 0.717) is 6.47 Å². The average molecular weight is 191 g/mol. The lowest BCUT2D eigenvalue weighted by Gasteiger charge is -2.13. The minimum Gasteiger partial charge on any atom is -0.464 e. The molecule has 1 atom stereocenters. The standard InChI is InChI=1S/C12H15O2/c1-2-6-12(14-10-13)9-11-7-4-3-5-8-11/h3-5,7-8,10,12H,1-2,6,9H2. The molecule has 1 aromatic rings. The highest BCUT2D eigenvalue weighted by Gasteiger charge is 2.08. The molecule has 1 unspecified atom stereocenters. The summed E-state index contributed by atoms with van der Waals surface area (Å²) in [5, 5.41) is 0. The molecule has 0 aliphatic heterocycles. The highest BCUT2D eigenvalue weighted by molar-refractivity contribution is 5.37. The fourth-order valence-electron chi connectivity index (χ4n) is 1.40. The zero-order chi connectivity index (χ0) is 10.2. The molecule has 1 aromatic carbocycles. The summed E-state index contributed by atoms with van der Waals surface area (Å²) >= 11 is 0. The van der Waals surface area contributed by atoms with E-state index in [1.807, 2.05) is 30.3 Å². The van der Waals surface area contributed by atoms with Crippen molar-refractivity contribution in [1.82, 2.24) is 0 Å². The maximum absolute atomic E-state index is 10.2. The quantitative estimate of drug-likeness (QED) is 0.645. The van der Waals surface area contributed by atoms with Gasteiger partial charge in [-0.2, -0.15) is 0 Å². The molecular weight excluding hydrogens is 176 g/mol. The molecule has 0 spiro atoms. The van der Waals surface area contributed by atoms with Gasteiger partial charge >= 0.3 is 0 Å². The third-order valence-corrected chi connectivity index (χ3v) is 2.08. The van der Waals surface area contributed by atoms with Crippen molar-refractivity contribution < 1.29 is 9.53 Å². The van der Waals surface area contributed by atoms with Gasteiger partial charge in [0.25, 0.3) is 6.47 Å². The zero-order valence-electron chi connectivity index (χ0n) is 8.19. The van der Waals surface area contributed by atoms with E-state index in [-0.39, 0.29) is 6.10 Å². The predicted octanol–water partition coefficient (Wildman–Crippen LogP) is 2.38. The van der Waals surface area contributed by atoms with Crippen molar-refractivity contribution in [2.75, 3.05) is 0 Å². The maximum Gasteiger partial charge on any atom is 0.293 e. The highest BCUT2D eigenvalue weighted by atomic mass is 16.5. The molecule has 1 rings (SSSR count). The van der Waals surface area contributed by atoms with Crippen molar-refractivity contribution in [1.29, 1.82) is 0 Å². The van der Waals surface area contributed by atoms with Crippen LogP contribution in [0, 0.1) is 6.92 Å². The molecule has 0 amide bonds. The lowest BCUT2D eigenvalue weighted by atomic mass is 10.0. The largest absolute Gasteiger partial charge is 0.464 e. The van der Waals surface area contributed by atoms with E-state index in [9.17, 15) is 4.79 Å². The van der Waals surface area contributed by atoms with Gasteiger partial charge in [0.2, 0.25) is 0 Å². The summed E-state index contributed by atoms with van der Waals surface area (Å²) in [6, 6.07) is 10.0. The molecule has 75 valence electrons. The highest BCUT2D eigenvalue weighted by Crippen LogP contribution is 2.09. The first kappa shape index (κ1) is 10.8. The van der Waals surface area contributed by atoms with Crippen LogP contribution in [0.15, 0.2) is 30.3 Å². The van der Waals surface area contributed by atoms with Gasteiger partial charge in [-0.25, -0.2) is 0 Å². The fourth-order valence-corrected chi connectivity index (χ4v) is 1.40. The topological polar surface area (TPSA) is 26.3 Å². The summed E-state index contributed by atoms with van der Waals surface area (Å²) in [7, 11) is 0. The average Bonchev–Trinajstić information content (AvgIpc) is 2.20. The van der Waals surface area contributed by atoms with Crippen molar-refractivity contribution >= 4 is 6.47 Å². The number of carbonyl (C=O) groups excluding carboxylic acids is 1. The van der Waals surface area contributed by atoms with Crippen LogP contribution in [0.4, 0.5) is 0 Å². The minimum absolute atomic E-state index is 0.0348. The Hall–Kier alpha value is -1.31. The number of carbonyl (C=O) groups is 1. The third kappa shape index (κ3) is 3.60.